The van der Waals surface area contributed by atoms with Crippen LogP contribution in [-0.4, -0.2) is 9.13 Å². The zero-order valence-electron chi connectivity index (χ0n) is 22.5. The lowest BCUT2D eigenvalue weighted by Crippen LogP contribution is -2.00. The Bertz CT molecular complexity index is 2380. The minimum absolute atomic E-state index is 0.468. The van der Waals surface area contributed by atoms with Gasteiger partial charge in [-0.3, -0.25) is 0 Å². The lowest BCUT2D eigenvalue weighted by Gasteiger charge is -2.17. The van der Waals surface area contributed by atoms with Crippen LogP contribution in [0, 0.1) is 22.7 Å². The molecule has 0 N–H and O–H groups in total. The number of nitrogens with zero attached hydrogens (tertiary/aromatic N) is 4. The minimum Gasteiger partial charge on any atom is -0.309 e. The van der Waals surface area contributed by atoms with Gasteiger partial charge in [0.1, 0.15) is 0 Å². The van der Waals surface area contributed by atoms with Gasteiger partial charge in [-0.1, -0.05) is 78.9 Å². The molecule has 194 valence electrons. The average Bonchev–Trinajstić information content (AvgIpc) is 3.56. The number of rotatable bonds is 3. The van der Waals surface area contributed by atoms with E-state index in [0.717, 1.165) is 55.3 Å². The van der Waals surface area contributed by atoms with E-state index in [1.54, 1.807) is 12.1 Å². The molecule has 4 heteroatoms. The molecule has 6 aromatic carbocycles. The second kappa shape index (κ2) is 9.24. The number of aromatic nitrogens is 2. The van der Waals surface area contributed by atoms with Crippen molar-refractivity contribution < 1.29 is 0 Å². The maximum Gasteiger partial charge on any atom is 0.0998 e. The second-order valence-electron chi connectivity index (χ2n) is 10.4. The molecule has 8 aromatic rings. The molecule has 0 radical (unpaired) electrons. The summed E-state index contributed by atoms with van der Waals surface area (Å²) in [4.78, 5) is 0. The lowest BCUT2D eigenvalue weighted by molar-refractivity contribution is 1.15. The molecule has 0 saturated carbocycles. The van der Waals surface area contributed by atoms with Gasteiger partial charge in [0.2, 0.25) is 0 Å². The number of nitriles is 2. The third-order valence-corrected chi connectivity index (χ3v) is 8.18. The highest BCUT2D eigenvalue weighted by molar-refractivity contribution is 6.14. The van der Waals surface area contributed by atoms with Crippen LogP contribution in [0.1, 0.15) is 11.1 Å². The Labute approximate surface area is 242 Å². The maximum atomic E-state index is 10.2. The van der Waals surface area contributed by atoms with E-state index in [9.17, 15) is 10.5 Å². The molecule has 42 heavy (non-hydrogen) atoms. The first-order chi connectivity index (χ1) is 20.8. The molecule has 2 heterocycles. The summed E-state index contributed by atoms with van der Waals surface area (Å²) >= 11 is 0. The number of benzene rings is 6. The van der Waals surface area contributed by atoms with Crippen molar-refractivity contribution in [2.75, 3.05) is 0 Å². The predicted molar refractivity (Wildman–Crippen MR) is 170 cm³/mol. The van der Waals surface area contributed by atoms with Crippen molar-refractivity contribution in [3.63, 3.8) is 0 Å². The highest BCUT2D eigenvalue weighted by Crippen LogP contribution is 2.42. The van der Waals surface area contributed by atoms with Crippen molar-refractivity contribution in [2.45, 2.75) is 0 Å². The Morgan fingerprint density at radius 1 is 0.429 bits per heavy atom. The molecular weight excluding hydrogens is 512 g/mol. The van der Waals surface area contributed by atoms with Crippen LogP contribution in [-0.2, 0) is 0 Å². The molecular formula is C38H22N4. The van der Waals surface area contributed by atoms with E-state index in [-0.39, 0.29) is 0 Å². The normalized spacial score (nSPS) is 11.3. The Kier molecular flexibility index (Phi) is 5.22. The highest BCUT2D eigenvalue weighted by Gasteiger charge is 2.21. The van der Waals surface area contributed by atoms with Crippen molar-refractivity contribution in [2.24, 2.45) is 0 Å². The van der Waals surface area contributed by atoms with E-state index >= 15 is 0 Å². The summed E-state index contributed by atoms with van der Waals surface area (Å²) in [6.45, 7) is 0. The van der Waals surface area contributed by atoms with Crippen LogP contribution in [0.4, 0.5) is 0 Å². The van der Waals surface area contributed by atoms with E-state index < -0.39 is 0 Å². The zero-order chi connectivity index (χ0) is 28.2. The van der Waals surface area contributed by atoms with Gasteiger partial charge in [0.25, 0.3) is 0 Å². The van der Waals surface area contributed by atoms with Gasteiger partial charge in [0.15, 0.2) is 0 Å². The maximum absolute atomic E-state index is 10.2. The van der Waals surface area contributed by atoms with E-state index in [0.29, 0.717) is 11.1 Å². The van der Waals surface area contributed by atoms with Crippen LogP contribution in [0.2, 0.25) is 0 Å². The molecule has 0 unspecified atom stereocenters. The van der Waals surface area contributed by atoms with Gasteiger partial charge < -0.3 is 9.13 Å². The molecule has 4 nitrogen and oxygen atoms in total. The number of hydrogen-bond acceptors (Lipinski definition) is 2. The van der Waals surface area contributed by atoms with Crippen molar-refractivity contribution in [1.29, 1.82) is 10.5 Å². The smallest absolute Gasteiger partial charge is 0.0998 e. The molecule has 0 aliphatic carbocycles. The van der Waals surface area contributed by atoms with Gasteiger partial charge in [-0.25, -0.2) is 0 Å². The quantitative estimate of drug-likeness (QED) is 0.227. The Morgan fingerprint density at radius 2 is 1.00 bits per heavy atom. The fourth-order valence-electron chi connectivity index (χ4n) is 6.38. The molecule has 8 rings (SSSR count). The van der Waals surface area contributed by atoms with Crippen molar-refractivity contribution in [1.82, 2.24) is 9.13 Å². The summed E-state index contributed by atoms with van der Waals surface area (Å²) in [5.41, 5.74) is 9.11. The van der Waals surface area contributed by atoms with Crippen LogP contribution in [0.15, 0.2) is 133 Å². The lowest BCUT2D eigenvalue weighted by atomic mass is 9.95. The molecule has 0 aliphatic heterocycles. The molecule has 0 saturated heterocycles. The summed E-state index contributed by atoms with van der Waals surface area (Å²) in [5.74, 6) is 0. The molecule has 0 aliphatic rings. The van der Waals surface area contributed by atoms with Gasteiger partial charge in [0, 0.05) is 38.4 Å². The molecule has 0 spiro atoms. The Hall–Kier alpha value is -6.10. The fourth-order valence-corrected chi connectivity index (χ4v) is 6.38. The molecule has 2 aromatic heterocycles. The van der Waals surface area contributed by atoms with Crippen molar-refractivity contribution >= 4 is 43.6 Å². The largest absolute Gasteiger partial charge is 0.309 e. The summed E-state index contributed by atoms with van der Waals surface area (Å²) in [6.07, 6.45) is 0. The van der Waals surface area contributed by atoms with Crippen LogP contribution >= 0.6 is 0 Å². The van der Waals surface area contributed by atoms with Crippen LogP contribution < -0.4 is 0 Å². The van der Waals surface area contributed by atoms with Gasteiger partial charge in [-0.15, -0.1) is 0 Å². The molecule has 0 fully saturated rings. The van der Waals surface area contributed by atoms with Crippen LogP contribution in [0.3, 0.4) is 0 Å². The third kappa shape index (κ3) is 3.40. The predicted octanol–water partition coefficient (Wildman–Crippen LogP) is 9.29. The highest BCUT2D eigenvalue weighted by atomic mass is 15.0. The van der Waals surface area contributed by atoms with Gasteiger partial charge in [-0.05, 0) is 54.6 Å². The van der Waals surface area contributed by atoms with Gasteiger partial charge in [-0.2, -0.15) is 10.5 Å². The SMILES string of the molecule is N#Cc1ccc(-c2cc3c4ccccc4n(-c4ccccc4)c3cc2-n2c3ccccc3c3ccccc32)c(C#N)c1. The van der Waals surface area contributed by atoms with Gasteiger partial charge in [0.05, 0.1) is 51.0 Å². The first-order valence-corrected chi connectivity index (χ1v) is 13.8. The monoisotopic (exact) mass is 534 g/mol. The standard InChI is InChI=1S/C38H22N4/c39-23-25-18-19-28(26(20-25)24-40)32-21-33-31-14-6-7-15-34(31)41(27-10-2-1-3-11-27)37(33)22-38(32)42-35-16-8-4-12-29(35)30-13-5-9-17-36(30)42/h1-22H. The third-order valence-electron chi connectivity index (χ3n) is 8.18. The fraction of sp³-hybridized carbons (Fsp3) is 0. The second-order valence-corrected chi connectivity index (χ2v) is 10.4. The average molecular weight is 535 g/mol. The van der Waals surface area contributed by atoms with E-state index in [2.05, 4.69) is 130 Å². The Balaban J connectivity index is 1.59. The minimum atomic E-state index is 0.468. The summed E-state index contributed by atoms with van der Waals surface area (Å²) in [6, 6.07) is 50.2. The summed E-state index contributed by atoms with van der Waals surface area (Å²) in [5, 5.41) is 24.4. The first kappa shape index (κ1) is 23.8. The Morgan fingerprint density at radius 3 is 1.62 bits per heavy atom. The summed E-state index contributed by atoms with van der Waals surface area (Å²) in [7, 11) is 0. The molecule has 0 amide bonds. The van der Waals surface area contributed by atoms with E-state index in [1.807, 2.05) is 12.1 Å². The van der Waals surface area contributed by atoms with Crippen molar-refractivity contribution in [3.8, 4) is 34.6 Å². The number of fused-ring (bicyclic) bond motifs is 6. The van der Waals surface area contributed by atoms with Gasteiger partial charge >= 0.3 is 0 Å². The van der Waals surface area contributed by atoms with Crippen LogP contribution in [0.5, 0.6) is 0 Å². The topological polar surface area (TPSA) is 57.4 Å². The van der Waals surface area contributed by atoms with Crippen LogP contribution in [0.25, 0.3) is 66.1 Å². The molecule has 0 atom stereocenters. The number of hydrogen-bond donors (Lipinski definition) is 0. The zero-order valence-corrected chi connectivity index (χ0v) is 22.5. The summed E-state index contributed by atoms with van der Waals surface area (Å²) < 4.78 is 4.63. The number of para-hydroxylation sites is 4. The molecule has 0 bridgehead atoms. The van der Waals surface area contributed by atoms with E-state index in [4.69, 9.17) is 0 Å². The first-order valence-electron chi connectivity index (χ1n) is 13.8. The van der Waals surface area contributed by atoms with Crippen molar-refractivity contribution in [3.05, 3.63) is 145 Å². The van der Waals surface area contributed by atoms with E-state index in [1.165, 1.54) is 10.8 Å².